The molecule has 102 valence electrons. The minimum Gasteiger partial charge on any atom is -0.311 e. The first-order valence-electron chi connectivity index (χ1n) is 6.54. The van der Waals surface area contributed by atoms with Crippen LogP contribution in [0.3, 0.4) is 0 Å². The molecule has 1 aliphatic rings. The van der Waals surface area contributed by atoms with Crippen LogP contribution in [-0.4, -0.2) is 30.7 Å². The molecule has 1 fully saturated rings. The maximum absolute atomic E-state index is 12.2. The van der Waals surface area contributed by atoms with Crippen molar-refractivity contribution in [2.24, 2.45) is 0 Å². The molecule has 4 nitrogen and oxygen atoms in total. The van der Waals surface area contributed by atoms with E-state index in [0.717, 1.165) is 24.8 Å². The summed E-state index contributed by atoms with van der Waals surface area (Å²) in [4.78, 5) is 23.7. The lowest BCUT2D eigenvalue weighted by molar-refractivity contribution is -0.334. The van der Waals surface area contributed by atoms with Gasteiger partial charge in [0.25, 0.3) is 0 Å². The molecule has 1 unspecified atom stereocenters. The Morgan fingerprint density at radius 2 is 2.11 bits per heavy atom. The van der Waals surface area contributed by atoms with E-state index in [2.05, 4.69) is 0 Å². The van der Waals surface area contributed by atoms with Crippen molar-refractivity contribution in [3.05, 3.63) is 42.0 Å². The number of rotatable bonds is 4. The Kier molecular flexibility index (Phi) is 5.12. The fourth-order valence-corrected chi connectivity index (χ4v) is 2.19. The van der Waals surface area contributed by atoms with Crippen LogP contribution in [0.2, 0.25) is 0 Å². The highest BCUT2D eigenvalue weighted by Gasteiger charge is 2.26. The van der Waals surface area contributed by atoms with Crippen LogP contribution in [0.4, 0.5) is 0 Å². The predicted octanol–water partition coefficient (Wildman–Crippen LogP) is 2.62. The third-order valence-corrected chi connectivity index (χ3v) is 3.16. The second kappa shape index (κ2) is 7.07. The van der Waals surface area contributed by atoms with Crippen molar-refractivity contribution in [2.75, 3.05) is 13.7 Å². The molecule has 0 N–H and O–H groups in total. The Hall–Kier alpha value is -1.65. The zero-order valence-electron chi connectivity index (χ0n) is 11.1. The molecule has 0 bridgehead atoms. The van der Waals surface area contributed by atoms with Crippen molar-refractivity contribution < 1.29 is 14.6 Å². The molecule has 1 heterocycles. The first-order chi connectivity index (χ1) is 9.31. The second-order valence-corrected chi connectivity index (χ2v) is 4.49. The zero-order chi connectivity index (χ0) is 13.5. The fraction of sp³-hybridized carbons (Fsp3) is 0.400. The molecule has 19 heavy (non-hydrogen) atoms. The Bertz CT molecular complexity index is 428. The van der Waals surface area contributed by atoms with Crippen LogP contribution in [0.15, 0.2) is 36.4 Å². The minimum absolute atomic E-state index is 0.0365. The first-order valence-corrected chi connectivity index (χ1v) is 6.54. The van der Waals surface area contributed by atoms with Gasteiger partial charge in [0, 0.05) is 12.6 Å². The highest BCUT2D eigenvalue weighted by atomic mass is 17.2. The summed E-state index contributed by atoms with van der Waals surface area (Å²) >= 11 is 0. The van der Waals surface area contributed by atoms with Crippen LogP contribution >= 0.6 is 0 Å². The van der Waals surface area contributed by atoms with Crippen LogP contribution in [0.1, 0.15) is 24.8 Å². The normalized spacial score (nSPS) is 19.8. The molecule has 1 amide bonds. The molecule has 1 saturated heterocycles. The third-order valence-electron chi connectivity index (χ3n) is 3.16. The summed E-state index contributed by atoms with van der Waals surface area (Å²) in [5, 5.41) is 0. The van der Waals surface area contributed by atoms with Crippen molar-refractivity contribution in [1.82, 2.24) is 4.90 Å². The second-order valence-electron chi connectivity index (χ2n) is 4.49. The molecule has 4 heteroatoms. The largest absolute Gasteiger partial charge is 0.311 e. The van der Waals surface area contributed by atoms with E-state index in [1.54, 1.807) is 11.0 Å². The number of nitrogens with zero attached hydrogens (tertiary/aromatic N) is 1. The molecule has 2 rings (SSSR count). The molecular weight excluding hydrogens is 242 g/mol. The number of likely N-dealkylation sites (tertiary alicyclic amines) is 1. The summed E-state index contributed by atoms with van der Waals surface area (Å²) in [5.74, 6) is -0.0365. The highest BCUT2D eigenvalue weighted by molar-refractivity contribution is 5.91. The summed E-state index contributed by atoms with van der Waals surface area (Å²) in [5.41, 5.74) is 1.01. The summed E-state index contributed by atoms with van der Waals surface area (Å²) in [6.07, 6.45) is 6.02. The number of piperidine rings is 1. The quantitative estimate of drug-likeness (QED) is 0.475. The van der Waals surface area contributed by atoms with Crippen molar-refractivity contribution >= 4 is 12.0 Å². The standard InChI is InChI=1S/C15H19NO3/c1-18-19-15-9-5-6-12-16(15)14(17)11-10-13-7-3-2-4-8-13/h2-4,7-8,10-11,15H,5-6,9,12H2,1H3. The van der Waals surface area contributed by atoms with Gasteiger partial charge in [-0.15, -0.1) is 0 Å². The number of benzene rings is 1. The maximum Gasteiger partial charge on any atom is 0.248 e. The van der Waals surface area contributed by atoms with Crippen molar-refractivity contribution in [3.8, 4) is 0 Å². The van der Waals surface area contributed by atoms with Gasteiger partial charge < -0.3 is 4.90 Å². The summed E-state index contributed by atoms with van der Waals surface area (Å²) in [6, 6.07) is 9.77. The van der Waals surface area contributed by atoms with Gasteiger partial charge in [-0.1, -0.05) is 30.3 Å². The summed E-state index contributed by atoms with van der Waals surface area (Å²) in [7, 11) is 1.47. The van der Waals surface area contributed by atoms with Gasteiger partial charge in [0.2, 0.25) is 5.91 Å². The zero-order valence-corrected chi connectivity index (χ0v) is 11.1. The van der Waals surface area contributed by atoms with Gasteiger partial charge in [0.15, 0.2) is 6.23 Å². The molecule has 0 aliphatic carbocycles. The smallest absolute Gasteiger partial charge is 0.248 e. The van der Waals surface area contributed by atoms with E-state index < -0.39 is 0 Å². The van der Waals surface area contributed by atoms with Crippen LogP contribution in [0.25, 0.3) is 6.08 Å². The Labute approximate surface area is 113 Å². The highest BCUT2D eigenvalue weighted by Crippen LogP contribution is 2.18. The van der Waals surface area contributed by atoms with E-state index in [9.17, 15) is 4.79 Å². The van der Waals surface area contributed by atoms with E-state index in [-0.39, 0.29) is 12.1 Å². The van der Waals surface area contributed by atoms with Crippen molar-refractivity contribution in [2.45, 2.75) is 25.5 Å². The van der Waals surface area contributed by atoms with Gasteiger partial charge in [-0.3, -0.25) is 4.79 Å². The van der Waals surface area contributed by atoms with Crippen LogP contribution in [-0.2, 0) is 14.6 Å². The van der Waals surface area contributed by atoms with Gasteiger partial charge in [-0.25, -0.2) is 9.78 Å². The fourth-order valence-electron chi connectivity index (χ4n) is 2.19. The summed E-state index contributed by atoms with van der Waals surface area (Å²) in [6.45, 7) is 0.714. The third kappa shape index (κ3) is 3.91. The average Bonchev–Trinajstić information content (AvgIpc) is 2.47. The summed E-state index contributed by atoms with van der Waals surface area (Å²) < 4.78 is 0. The molecule has 0 saturated carbocycles. The van der Waals surface area contributed by atoms with Gasteiger partial charge >= 0.3 is 0 Å². The number of hydrogen-bond donors (Lipinski definition) is 0. The van der Waals surface area contributed by atoms with E-state index in [1.165, 1.54) is 7.11 Å². The van der Waals surface area contributed by atoms with Crippen LogP contribution in [0, 0.1) is 0 Å². The van der Waals surface area contributed by atoms with E-state index in [1.807, 2.05) is 36.4 Å². The molecule has 0 radical (unpaired) electrons. The Morgan fingerprint density at radius 3 is 2.84 bits per heavy atom. The molecule has 1 aliphatic heterocycles. The van der Waals surface area contributed by atoms with E-state index in [0.29, 0.717) is 6.54 Å². The van der Waals surface area contributed by atoms with Gasteiger partial charge in [-0.2, -0.15) is 0 Å². The van der Waals surface area contributed by atoms with Crippen LogP contribution in [0.5, 0.6) is 0 Å². The number of carbonyl (C=O) groups is 1. The topological polar surface area (TPSA) is 38.8 Å². The number of amides is 1. The molecule has 1 atom stereocenters. The molecule has 0 spiro atoms. The lowest BCUT2D eigenvalue weighted by Gasteiger charge is -2.33. The first kappa shape index (κ1) is 13.8. The monoisotopic (exact) mass is 261 g/mol. The number of carbonyl (C=O) groups excluding carboxylic acids is 1. The molecular formula is C15H19NO3. The van der Waals surface area contributed by atoms with Crippen molar-refractivity contribution in [3.63, 3.8) is 0 Å². The van der Waals surface area contributed by atoms with E-state index >= 15 is 0 Å². The SMILES string of the molecule is COOC1CCCCN1C(=O)C=Cc1ccccc1. The van der Waals surface area contributed by atoms with Crippen molar-refractivity contribution in [1.29, 1.82) is 0 Å². The molecule has 1 aromatic rings. The minimum atomic E-state index is -0.272. The lowest BCUT2D eigenvalue weighted by Crippen LogP contribution is -2.44. The van der Waals surface area contributed by atoms with E-state index in [4.69, 9.17) is 9.78 Å². The predicted molar refractivity (Wildman–Crippen MR) is 72.9 cm³/mol. The Morgan fingerprint density at radius 1 is 1.32 bits per heavy atom. The van der Waals surface area contributed by atoms with Crippen LogP contribution < -0.4 is 0 Å². The maximum atomic E-state index is 12.2. The lowest BCUT2D eigenvalue weighted by atomic mass is 10.1. The molecule has 1 aromatic carbocycles. The van der Waals surface area contributed by atoms with Gasteiger partial charge in [0.05, 0.1) is 7.11 Å². The average molecular weight is 261 g/mol. The number of hydrogen-bond acceptors (Lipinski definition) is 3. The van der Waals surface area contributed by atoms with Gasteiger partial charge in [0.1, 0.15) is 0 Å². The van der Waals surface area contributed by atoms with Gasteiger partial charge in [-0.05, 0) is 30.9 Å². The Balaban J connectivity index is 1.99. The molecule has 0 aromatic heterocycles.